The van der Waals surface area contributed by atoms with Gasteiger partial charge in [0.2, 0.25) is 0 Å². The normalized spacial score (nSPS) is 13.8. The first kappa shape index (κ1) is 14.6. The molecule has 0 radical (unpaired) electrons. The summed E-state index contributed by atoms with van der Waals surface area (Å²) in [4.78, 5) is 0. The van der Waals surface area contributed by atoms with Crippen molar-refractivity contribution in [1.82, 2.24) is 0 Å². The topological polar surface area (TPSA) is 29.5 Å². The summed E-state index contributed by atoms with van der Waals surface area (Å²) in [5, 5.41) is 10.6. The van der Waals surface area contributed by atoms with E-state index in [-0.39, 0.29) is 5.92 Å². The molecule has 0 fully saturated rings. The van der Waals surface area contributed by atoms with Gasteiger partial charge in [0.25, 0.3) is 0 Å². The Hall–Kier alpha value is -1.80. The molecule has 2 nitrogen and oxygen atoms in total. The highest BCUT2D eigenvalue weighted by atomic mass is 16.5. The van der Waals surface area contributed by atoms with Gasteiger partial charge in [0.1, 0.15) is 5.75 Å². The number of aliphatic hydroxyl groups is 1. The van der Waals surface area contributed by atoms with Gasteiger partial charge < -0.3 is 9.84 Å². The molecule has 0 saturated carbocycles. The summed E-state index contributed by atoms with van der Waals surface area (Å²) in [5.74, 6) is 0.996. The van der Waals surface area contributed by atoms with Crippen LogP contribution >= 0.6 is 0 Å². The molecule has 0 saturated heterocycles. The number of methoxy groups -OCH3 is 1. The molecule has 0 aliphatic rings. The number of ether oxygens (including phenoxy) is 1. The summed E-state index contributed by atoms with van der Waals surface area (Å²) in [6.07, 6.45) is 1.12. The van der Waals surface area contributed by atoms with E-state index in [1.54, 1.807) is 7.11 Å². The van der Waals surface area contributed by atoms with Gasteiger partial charge in [-0.3, -0.25) is 0 Å². The van der Waals surface area contributed by atoms with Crippen molar-refractivity contribution < 1.29 is 9.84 Å². The average molecular weight is 270 g/mol. The van der Waals surface area contributed by atoms with Crippen molar-refractivity contribution >= 4 is 0 Å². The van der Waals surface area contributed by atoms with Crippen LogP contribution in [0.25, 0.3) is 0 Å². The van der Waals surface area contributed by atoms with E-state index in [1.807, 2.05) is 42.5 Å². The van der Waals surface area contributed by atoms with Crippen LogP contribution in [0.5, 0.6) is 5.75 Å². The van der Waals surface area contributed by atoms with Crippen LogP contribution in [0.1, 0.15) is 30.4 Å². The van der Waals surface area contributed by atoms with Crippen LogP contribution in [-0.2, 0) is 6.42 Å². The monoisotopic (exact) mass is 270 g/mol. The summed E-state index contributed by atoms with van der Waals surface area (Å²) in [6.45, 7) is 2.11. The van der Waals surface area contributed by atoms with Gasteiger partial charge in [0.05, 0.1) is 13.2 Å². The van der Waals surface area contributed by atoms with E-state index < -0.39 is 6.10 Å². The lowest BCUT2D eigenvalue weighted by molar-refractivity contribution is 0.140. The number of hydrogen-bond acceptors (Lipinski definition) is 2. The predicted octanol–water partition coefficient (Wildman–Crippen LogP) is 3.79. The van der Waals surface area contributed by atoms with Crippen molar-refractivity contribution in [3.8, 4) is 5.75 Å². The number of aliphatic hydroxyl groups excluding tert-OH is 1. The molecule has 106 valence electrons. The first-order chi connectivity index (χ1) is 9.76. The molecule has 2 aromatic rings. The molecule has 0 bridgehead atoms. The molecular formula is C18H22O2. The van der Waals surface area contributed by atoms with E-state index in [0.29, 0.717) is 6.42 Å². The van der Waals surface area contributed by atoms with E-state index in [0.717, 1.165) is 17.7 Å². The molecule has 20 heavy (non-hydrogen) atoms. The third-order valence-electron chi connectivity index (χ3n) is 3.75. The van der Waals surface area contributed by atoms with E-state index >= 15 is 0 Å². The Morgan fingerprint density at radius 2 is 1.65 bits per heavy atom. The molecule has 0 aromatic heterocycles. The second-order valence-corrected chi connectivity index (χ2v) is 5.01. The van der Waals surface area contributed by atoms with Crippen molar-refractivity contribution in [3.63, 3.8) is 0 Å². The van der Waals surface area contributed by atoms with E-state index in [4.69, 9.17) is 4.74 Å². The minimum absolute atomic E-state index is 0.154. The number of benzene rings is 2. The smallest absolute Gasteiger partial charge is 0.122 e. The maximum absolute atomic E-state index is 10.6. The molecule has 2 unspecified atom stereocenters. The van der Waals surface area contributed by atoms with Crippen molar-refractivity contribution in [3.05, 3.63) is 65.7 Å². The summed E-state index contributed by atoms with van der Waals surface area (Å²) in [7, 11) is 1.67. The Labute approximate surface area is 121 Å². The molecule has 0 amide bonds. The maximum Gasteiger partial charge on any atom is 0.122 e. The summed E-state index contributed by atoms with van der Waals surface area (Å²) in [5.41, 5.74) is 2.24. The molecular weight excluding hydrogens is 248 g/mol. The van der Waals surface area contributed by atoms with E-state index in [9.17, 15) is 5.11 Å². The maximum atomic E-state index is 10.6. The lowest BCUT2D eigenvalue weighted by Gasteiger charge is -2.23. The molecule has 2 rings (SSSR count). The zero-order valence-corrected chi connectivity index (χ0v) is 12.1. The first-order valence-electron chi connectivity index (χ1n) is 7.11. The van der Waals surface area contributed by atoms with Crippen LogP contribution in [0.15, 0.2) is 54.6 Å². The second-order valence-electron chi connectivity index (χ2n) is 5.01. The molecule has 2 atom stereocenters. The second kappa shape index (κ2) is 7.11. The van der Waals surface area contributed by atoms with E-state index in [1.165, 1.54) is 5.56 Å². The Balaban J connectivity index is 2.15. The van der Waals surface area contributed by atoms with Gasteiger partial charge in [-0.1, -0.05) is 55.5 Å². The molecule has 0 aliphatic carbocycles. The SMILES string of the molecule is CCC(c1ccccc1)C(O)Cc1ccccc1OC. The lowest BCUT2D eigenvalue weighted by Crippen LogP contribution is -2.21. The van der Waals surface area contributed by atoms with Crippen molar-refractivity contribution in [2.24, 2.45) is 0 Å². The fraction of sp³-hybridized carbons (Fsp3) is 0.333. The van der Waals surface area contributed by atoms with Crippen molar-refractivity contribution in [2.45, 2.75) is 31.8 Å². The van der Waals surface area contributed by atoms with Gasteiger partial charge in [-0.05, 0) is 23.6 Å². The molecule has 1 N–H and O–H groups in total. The van der Waals surface area contributed by atoms with Gasteiger partial charge in [-0.2, -0.15) is 0 Å². The molecule has 0 spiro atoms. The minimum Gasteiger partial charge on any atom is -0.496 e. The van der Waals surface area contributed by atoms with Crippen LogP contribution in [0.2, 0.25) is 0 Å². The molecule has 0 heterocycles. The third kappa shape index (κ3) is 3.40. The van der Waals surface area contributed by atoms with Crippen LogP contribution in [0.4, 0.5) is 0 Å². The molecule has 2 heteroatoms. The summed E-state index contributed by atoms with van der Waals surface area (Å²) < 4.78 is 5.35. The zero-order valence-electron chi connectivity index (χ0n) is 12.1. The van der Waals surface area contributed by atoms with Crippen LogP contribution in [0.3, 0.4) is 0 Å². The Morgan fingerprint density at radius 3 is 2.30 bits per heavy atom. The highest BCUT2D eigenvalue weighted by Gasteiger charge is 2.20. The van der Waals surface area contributed by atoms with Gasteiger partial charge in [-0.15, -0.1) is 0 Å². The average Bonchev–Trinajstić information content (AvgIpc) is 2.49. The van der Waals surface area contributed by atoms with Crippen LogP contribution in [0, 0.1) is 0 Å². The fourth-order valence-electron chi connectivity index (χ4n) is 2.67. The van der Waals surface area contributed by atoms with Gasteiger partial charge in [0.15, 0.2) is 0 Å². The summed E-state index contributed by atoms with van der Waals surface area (Å²) in [6, 6.07) is 18.1. The number of rotatable bonds is 6. The predicted molar refractivity (Wildman–Crippen MR) is 82.2 cm³/mol. The van der Waals surface area contributed by atoms with Gasteiger partial charge in [-0.25, -0.2) is 0 Å². The third-order valence-corrected chi connectivity index (χ3v) is 3.75. The Bertz CT molecular complexity index is 522. The fourth-order valence-corrected chi connectivity index (χ4v) is 2.67. The molecule has 2 aromatic carbocycles. The zero-order chi connectivity index (χ0) is 14.4. The highest BCUT2D eigenvalue weighted by molar-refractivity contribution is 5.34. The lowest BCUT2D eigenvalue weighted by atomic mass is 9.87. The summed E-state index contributed by atoms with van der Waals surface area (Å²) >= 11 is 0. The quantitative estimate of drug-likeness (QED) is 0.865. The van der Waals surface area contributed by atoms with Gasteiger partial charge in [0, 0.05) is 12.3 Å². The van der Waals surface area contributed by atoms with Crippen LogP contribution < -0.4 is 4.74 Å². The van der Waals surface area contributed by atoms with Crippen LogP contribution in [-0.4, -0.2) is 18.3 Å². The molecule has 0 aliphatic heterocycles. The minimum atomic E-state index is -0.404. The Morgan fingerprint density at radius 1 is 1.00 bits per heavy atom. The largest absolute Gasteiger partial charge is 0.496 e. The Kier molecular flexibility index (Phi) is 5.19. The highest BCUT2D eigenvalue weighted by Crippen LogP contribution is 2.28. The standard InChI is InChI=1S/C18H22O2/c1-3-16(14-9-5-4-6-10-14)17(19)13-15-11-7-8-12-18(15)20-2/h4-12,16-17,19H,3,13H2,1-2H3. The number of para-hydroxylation sites is 1. The van der Waals surface area contributed by atoms with Gasteiger partial charge >= 0.3 is 0 Å². The first-order valence-corrected chi connectivity index (χ1v) is 7.11. The van der Waals surface area contributed by atoms with E-state index in [2.05, 4.69) is 19.1 Å². The van der Waals surface area contributed by atoms with Crippen molar-refractivity contribution in [1.29, 1.82) is 0 Å². The van der Waals surface area contributed by atoms with Crippen molar-refractivity contribution in [2.75, 3.05) is 7.11 Å². The number of hydrogen-bond donors (Lipinski definition) is 1.